The van der Waals surface area contributed by atoms with Crippen molar-refractivity contribution in [3.8, 4) is 0 Å². The van der Waals surface area contributed by atoms with Gasteiger partial charge in [-0.05, 0) is 18.2 Å². The summed E-state index contributed by atoms with van der Waals surface area (Å²) in [4.78, 5) is 6.47. The second-order valence-electron chi connectivity index (χ2n) is 4.32. The van der Waals surface area contributed by atoms with Crippen molar-refractivity contribution in [1.82, 2.24) is 10.3 Å². The van der Waals surface area contributed by atoms with E-state index in [0.717, 1.165) is 12.4 Å². The highest BCUT2D eigenvalue weighted by Gasteiger charge is 2.15. The van der Waals surface area contributed by atoms with Crippen LogP contribution in [0.4, 0.5) is 5.82 Å². The van der Waals surface area contributed by atoms with Crippen LogP contribution in [0.1, 0.15) is 12.0 Å². The lowest BCUT2D eigenvalue weighted by Gasteiger charge is -2.17. The summed E-state index contributed by atoms with van der Waals surface area (Å²) < 4.78 is 0. The van der Waals surface area contributed by atoms with Crippen LogP contribution in [-0.2, 0) is 6.54 Å². The number of nitrogens with one attached hydrogen (secondary N) is 1. The molecule has 88 valence electrons. The molecule has 0 aliphatic carbocycles. The molecule has 1 aromatic heterocycles. The largest absolute Gasteiger partial charge is 0.362 e. The number of pyridine rings is 1. The quantitative estimate of drug-likeness (QED) is 0.863. The molecule has 3 nitrogen and oxygen atoms in total. The Bertz CT molecular complexity index is 335. The van der Waals surface area contributed by atoms with Gasteiger partial charge in [0.15, 0.2) is 0 Å². The van der Waals surface area contributed by atoms with Crippen molar-refractivity contribution in [2.24, 2.45) is 0 Å². The molecule has 1 fully saturated rings. The molecule has 1 atom stereocenters. The number of hydrogen-bond donors (Lipinski definition) is 1. The third-order valence-corrected chi connectivity index (χ3v) is 3.96. The van der Waals surface area contributed by atoms with Gasteiger partial charge in [-0.25, -0.2) is 4.98 Å². The van der Waals surface area contributed by atoms with Gasteiger partial charge in [-0.1, -0.05) is 6.07 Å². The summed E-state index contributed by atoms with van der Waals surface area (Å²) in [5, 5.41) is 3.61. The first kappa shape index (κ1) is 11.7. The Morgan fingerprint density at radius 2 is 2.44 bits per heavy atom. The van der Waals surface area contributed by atoms with Gasteiger partial charge >= 0.3 is 0 Å². The zero-order valence-electron chi connectivity index (χ0n) is 9.94. The lowest BCUT2D eigenvalue weighted by molar-refractivity contribution is 0.557. The first-order valence-electron chi connectivity index (χ1n) is 5.69. The van der Waals surface area contributed by atoms with Crippen LogP contribution in [-0.4, -0.2) is 36.6 Å². The predicted octanol–water partition coefficient (Wildman–Crippen LogP) is 1.74. The van der Waals surface area contributed by atoms with E-state index in [2.05, 4.69) is 21.3 Å². The maximum absolute atomic E-state index is 4.40. The Balaban J connectivity index is 1.97. The fourth-order valence-electron chi connectivity index (χ4n) is 1.92. The van der Waals surface area contributed by atoms with Crippen molar-refractivity contribution in [3.63, 3.8) is 0 Å². The first-order valence-corrected chi connectivity index (χ1v) is 6.85. The fraction of sp³-hybridized carbons (Fsp3) is 0.583. The minimum absolute atomic E-state index is 0.681. The molecule has 1 unspecified atom stereocenters. The van der Waals surface area contributed by atoms with Gasteiger partial charge in [0.05, 0.1) is 0 Å². The van der Waals surface area contributed by atoms with E-state index in [0.29, 0.717) is 6.04 Å². The number of anilines is 1. The molecule has 0 aromatic carbocycles. The zero-order valence-corrected chi connectivity index (χ0v) is 10.8. The van der Waals surface area contributed by atoms with E-state index in [-0.39, 0.29) is 0 Å². The lowest BCUT2D eigenvalue weighted by Crippen LogP contribution is -2.29. The molecule has 2 heterocycles. The van der Waals surface area contributed by atoms with Gasteiger partial charge in [-0.3, -0.25) is 0 Å². The highest BCUT2D eigenvalue weighted by atomic mass is 32.2. The molecular formula is C12H19N3S. The molecule has 1 N–H and O–H groups in total. The fourth-order valence-corrected chi connectivity index (χ4v) is 3.11. The summed E-state index contributed by atoms with van der Waals surface area (Å²) in [6, 6.07) is 4.84. The first-order chi connectivity index (χ1) is 7.77. The van der Waals surface area contributed by atoms with E-state index in [4.69, 9.17) is 0 Å². The molecule has 0 radical (unpaired) electrons. The molecule has 1 aromatic rings. The van der Waals surface area contributed by atoms with Gasteiger partial charge in [0.2, 0.25) is 0 Å². The second-order valence-corrected chi connectivity index (χ2v) is 5.47. The standard InChI is InChI=1S/C12H19N3S/c1-15(2)12-10(4-3-6-13-12)8-14-11-5-7-16-9-11/h3-4,6,11,14H,5,7-9H2,1-2H3. The topological polar surface area (TPSA) is 28.2 Å². The third kappa shape index (κ3) is 2.89. The van der Waals surface area contributed by atoms with Crippen LogP contribution in [0, 0.1) is 0 Å². The van der Waals surface area contributed by atoms with Crippen LogP contribution in [0.15, 0.2) is 18.3 Å². The summed E-state index contributed by atoms with van der Waals surface area (Å²) in [6.07, 6.45) is 3.15. The van der Waals surface area contributed by atoms with E-state index in [1.165, 1.54) is 23.5 Å². The van der Waals surface area contributed by atoms with E-state index in [9.17, 15) is 0 Å². The van der Waals surface area contributed by atoms with Crippen molar-refractivity contribution < 1.29 is 0 Å². The normalized spacial score (nSPS) is 20.0. The van der Waals surface area contributed by atoms with E-state index < -0.39 is 0 Å². The van der Waals surface area contributed by atoms with Gasteiger partial charge < -0.3 is 10.2 Å². The van der Waals surface area contributed by atoms with Gasteiger partial charge in [0.25, 0.3) is 0 Å². The van der Waals surface area contributed by atoms with Crippen LogP contribution in [0.2, 0.25) is 0 Å². The second kappa shape index (κ2) is 5.55. The molecule has 0 spiro atoms. The van der Waals surface area contributed by atoms with Gasteiger partial charge in [-0.15, -0.1) is 0 Å². The van der Waals surface area contributed by atoms with E-state index >= 15 is 0 Å². The maximum atomic E-state index is 4.40. The van der Waals surface area contributed by atoms with Crippen molar-refractivity contribution in [2.75, 3.05) is 30.5 Å². The number of rotatable bonds is 4. The monoisotopic (exact) mass is 237 g/mol. The van der Waals surface area contributed by atoms with Crippen molar-refractivity contribution in [2.45, 2.75) is 19.0 Å². The minimum Gasteiger partial charge on any atom is -0.362 e. The molecule has 16 heavy (non-hydrogen) atoms. The summed E-state index contributed by atoms with van der Waals surface area (Å²) in [7, 11) is 4.08. The van der Waals surface area contributed by atoms with Crippen molar-refractivity contribution in [3.05, 3.63) is 23.9 Å². The van der Waals surface area contributed by atoms with Crippen LogP contribution in [0.3, 0.4) is 0 Å². The number of hydrogen-bond acceptors (Lipinski definition) is 4. The van der Waals surface area contributed by atoms with E-state index in [1.54, 1.807) is 0 Å². The Labute approximate surface area is 102 Å². The molecular weight excluding hydrogens is 218 g/mol. The van der Waals surface area contributed by atoms with Gasteiger partial charge in [0.1, 0.15) is 5.82 Å². The Morgan fingerprint density at radius 1 is 1.56 bits per heavy atom. The highest BCUT2D eigenvalue weighted by Crippen LogP contribution is 2.19. The molecule has 1 saturated heterocycles. The van der Waals surface area contributed by atoms with Crippen LogP contribution in [0.25, 0.3) is 0 Å². The van der Waals surface area contributed by atoms with Crippen LogP contribution >= 0.6 is 11.8 Å². The highest BCUT2D eigenvalue weighted by molar-refractivity contribution is 7.99. The Morgan fingerprint density at radius 3 is 3.12 bits per heavy atom. The van der Waals surface area contributed by atoms with Gasteiger partial charge in [0, 0.05) is 44.2 Å². The number of thioether (sulfide) groups is 1. The maximum Gasteiger partial charge on any atom is 0.132 e. The summed E-state index contributed by atoms with van der Waals surface area (Å²) in [5.74, 6) is 3.61. The number of nitrogens with zero attached hydrogens (tertiary/aromatic N) is 2. The molecule has 0 amide bonds. The van der Waals surface area contributed by atoms with Crippen LogP contribution < -0.4 is 10.2 Å². The average molecular weight is 237 g/mol. The van der Waals surface area contributed by atoms with Crippen molar-refractivity contribution >= 4 is 17.6 Å². The summed E-state index contributed by atoms with van der Waals surface area (Å²) in [5.41, 5.74) is 1.28. The molecule has 2 rings (SSSR count). The molecule has 0 saturated carbocycles. The van der Waals surface area contributed by atoms with Gasteiger partial charge in [-0.2, -0.15) is 11.8 Å². The lowest BCUT2D eigenvalue weighted by atomic mass is 10.2. The Kier molecular flexibility index (Phi) is 4.07. The van der Waals surface area contributed by atoms with E-state index in [1.807, 2.05) is 38.1 Å². The van der Waals surface area contributed by atoms with Crippen LogP contribution in [0.5, 0.6) is 0 Å². The predicted molar refractivity (Wildman–Crippen MR) is 71.1 cm³/mol. The number of aromatic nitrogens is 1. The van der Waals surface area contributed by atoms with Crippen molar-refractivity contribution in [1.29, 1.82) is 0 Å². The minimum atomic E-state index is 0.681. The summed E-state index contributed by atoms with van der Waals surface area (Å²) in [6.45, 7) is 0.923. The Hall–Kier alpha value is -0.740. The molecule has 1 aliphatic heterocycles. The molecule has 0 bridgehead atoms. The summed E-state index contributed by atoms with van der Waals surface area (Å²) >= 11 is 2.04. The molecule has 4 heteroatoms. The smallest absolute Gasteiger partial charge is 0.132 e. The average Bonchev–Trinajstić information content (AvgIpc) is 2.79. The SMILES string of the molecule is CN(C)c1ncccc1CNC1CCSC1. The zero-order chi connectivity index (χ0) is 11.4. The molecule has 1 aliphatic rings. The third-order valence-electron chi connectivity index (χ3n) is 2.80.